The molecule has 0 aliphatic rings. The molecule has 0 aromatic heterocycles. The summed E-state index contributed by atoms with van der Waals surface area (Å²) in [5, 5.41) is 2.88. The molecule has 0 heterocycles. The van der Waals surface area contributed by atoms with Crippen LogP contribution in [-0.4, -0.2) is 19.1 Å². The molecule has 0 aliphatic carbocycles. The Kier molecular flexibility index (Phi) is 6.48. The van der Waals surface area contributed by atoms with Crippen LogP contribution in [0.15, 0.2) is 48.5 Å². The summed E-state index contributed by atoms with van der Waals surface area (Å²) in [4.78, 5) is 11.9. The highest BCUT2D eigenvalue weighted by Gasteiger charge is 2.05. The fraction of sp³-hybridized carbons (Fsp3) is 0.316. The van der Waals surface area contributed by atoms with Crippen molar-refractivity contribution in [3.8, 4) is 11.5 Å². The van der Waals surface area contributed by atoms with Gasteiger partial charge in [-0.3, -0.25) is 4.79 Å². The first-order chi connectivity index (χ1) is 11.2. The van der Waals surface area contributed by atoms with Gasteiger partial charge in [-0.05, 0) is 44.5 Å². The minimum Gasteiger partial charge on any atom is -0.490 e. The van der Waals surface area contributed by atoms with Crippen molar-refractivity contribution in [3.05, 3.63) is 54.1 Å². The van der Waals surface area contributed by atoms with Gasteiger partial charge in [0.25, 0.3) is 0 Å². The standard InChI is InChI=1S/C19H23NO3/c1-3-22-17-7-4-5-8-18(17)23-14-6-9-19(21)20-16-12-10-15(2)11-13-16/h4-5,7-8,10-13H,3,6,9,14H2,1-2H3,(H,20,21). The van der Waals surface area contributed by atoms with Crippen LogP contribution in [-0.2, 0) is 4.79 Å². The van der Waals surface area contributed by atoms with Crippen LogP contribution >= 0.6 is 0 Å². The van der Waals surface area contributed by atoms with Crippen molar-refractivity contribution < 1.29 is 14.3 Å². The fourth-order valence-corrected chi connectivity index (χ4v) is 2.12. The highest BCUT2D eigenvalue weighted by molar-refractivity contribution is 5.90. The number of hydrogen-bond acceptors (Lipinski definition) is 3. The highest BCUT2D eigenvalue weighted by Crippen LogP contribution is 2.26. The van der Waals surface area contributed by atoms with Crippen LogP contribution in [0.3, 0.4) is 0 Å². The van der Waals surface area contributed by atoms with Crippen LogP contribution in [0.25, 0.3) is 0 Å². The van der Waals surface area contributed by atoms with Crippen LogP contribution in [0.2, 0.25) is 0 Å². The van der Waals surface area contributed by atoms with Crippen LogP contribution in [0.1, 0.15) is 25.3 Å². The topological polar surface area (TPSA) is 47.6 Å². The minimum absolute atomic E-state index is 0.00412. The number of amides is 1. The number of anilines is 1. The molecule has 2 rings (SSSR count). The third kappa shape index (κ3) is 5.66. The maximum absolute atomic E-state index is 11.9. The molecule has 2 aromatic rings. The SMILES string of the molecule is CCOc1ccccc1OCCCC(=O)Nc1ccc(C)cc1. The second-order valence-corrected chi connectivity index (χ2v) is 5.25. The van der Waals surface area contributed by atoms with Crippen LogP contribution in [0.5, 0.6) is 11.5 Å². The molecular weight excluding hydrogens is 290 g/mol. The Bertz CT molecular complexity index is 623. The van der Waals surface area contributed by atoms with Gasteiger partial charge in [0.05, 0.1) is 13.2 Å². The van der Waals surface area contributed by atoms with E-state index in [2.05, 4.69) is 5.32 Å². The molecule has 0 saturated heterocycles. The van der Waals surface area contributed by atoms with Gasteiger partial charge in [0, 0.05) is 12.1 Å². The largest absolute Gasteiger partial charge is 0.490 e. The monoisotopic (exact) mass is 313 g/mol. The summed E-state index contributed by atoms with van der Waals surface area (Å²) in [6.07, 6.45) is 1.07. The zero-order valence-electron chi connectivity index (χ0n) is 13.7. The number of carbonyl (C=O) groups excluding carboxylic acids is 1. The van der Waals surface area contributed by atoms with E-state index in [1.165, 1.54) is 5.56 Å². The van der Waals surface area contributed by atoms with Gasteiger partial charge in [-0.25, -0.2) is 0 Å². The van der Waals surface area contributed by atoms with Crippen molar-refractivity contribution in [1.82, 2.24) is 0 Å². The molecule has 0 unspecified atom stereocenters. The number of benzene rings is 2. The summed E-state index contributed by atoms with van der Waals surface area (Å²) in [5.74, 6) is 1.45. The summed E-state index contributed by atoms with van der Waals surface area (Å²) in [5.41, 5.74) is 1.99. The normalized spacial score (nSPS) is 10.2. The lowest BCUT2D eigenvalue weighted by atomic mass is 10.2. The van der Waals surface area contributed by atoms with E-state index in [0.29, 0.717) is 31.8 Å². The summed E-state index contributed by atoms with van der Waals surface area (Å²) in [7, 11) is 0. The van der Waals surface area contributed by atoms with Crippen molar-refractivity contribution in [1.29, 1.82) is 0 Å². The highest BCUT2D eigenvalue weighted by atomic mass is 16.5. The first kappa shape index (κ1) is 16.9. The predicted octanol–water partition coefficient (Wildman–Crippen LogP) is 4.19. The Labute approximate surface area is 137 Å². The molecular formula is C19H23NO3. The maximum Gasteiger partial charge on any atom is 0.224 e. The second-order valence-electron chi connectivity index (χ2n) is 5.25. The van der Waals surface area contributed by atoms with E-state index in [1.54, 1.807) is 0 Å². The Balaban J connectivity index is 1.73. The summed E-state index contributed by atoms with van der Waals surface area (Å²) in [6, 6.07) is 15.3. The number of hydrogen-bond donors (Lipinski definition) is 1. The molecule has 1 N–H and O–H groups in total. The molecule has 4 nitrogen and oxygen atoms in total. The number of carbonyl (C=O) groups is 1. The molecule has 0 spiro atoms. The molecule has 0 saturated carbocycles. The molecule has 0 aliphatic heterocycles. The molecule has 0 bridgehead atoms. The van der Waals surface area contributed by atoms with E-state index in [9.17, 15) is 4.79 Å². The van der Waals surface area contributed by atoms with Gasteiger partial charge < -0.3 is 14.8 Å². The lowest BCUT2D eigenvalue weighted by Gasteiger charge is -2.11. The Morgan fingerprint density at radius 1 is 1.00 bits per heavy atom. The first-order valence-corrected chi connectivity index (χ1v) is 7.90. The van der Waals surface area contributed by atoms with Gasteiger partial charge >= 0.3 is 0 Å². The van der Waals surface area contributed by atoms with Crippen LogP contribution in [0.4, 0.5) is 5.69 Å². The number of para-hydroxylation sites is 2. The van der Waals surface area contributed by atoms with Crippen molar-refractivity contribution in [2.75, 3.05) is 18.5 Å². The lowest BCUT2D eigenvalue weighted by molar-refractivity contribution is -0.116. The van der Waals surface area contributed by atoms with Gasteiger partial charge in [0.15, 0.2) is 11.5 Å². The van der Waals surface area contributed by atoms with Gasteiger partial charge in [-0.2, -0.15) is 0 Å². The Morgan fingerprint density at radius 2 is 1.65 bits per heavy atom. The molecule has 0 atom stereocenters. The van der Waals surface area contributed by atoms with E-state index < -0.39 is 0 Å². The summed E-state index contributed by atoms with van der Waals surface area (Å²) < 4.78 is 11.2. The van der Waals surface area contributed by atoms with E-state index in [4.69, 9.17) is 9.47 Å². The van der Waals surface area contributed by atoms with Gasteiger partial charge in [-0.15, -0.1) is 0 Å². The van der Waals surface area contributed by atoms with Gasteiger partial charge in [0.1, 0.15) is 0 Å². The molecule has 122 valence electrons. The average molecular weight is 313 g/mol. The zero-order valence-corrected chi connectivity index (χ0v) is 13.7. The quantitative estimate of drug-likeness (QED) is 0.743. The van der Waals surface area contributed by atoms with E-state index >= 15 is 0 Å². The fourth-order valence-electron chi connectivity index (χ4n) is 2.12. The summed E-state index contributed by atoms with van der Waals surface area (Å²) in [6.45, 7) is 5.03. The summed E-state index contributed by atoms with van der Waals surface area (Å²) >= 11 is 0. The van der Waals surface area contributed by atoms with Crippen molar-refractivity contribution in [2.24, 2.45) is 0 Å². The predicted molar refractivity (Wildman–Crippen MR) is 92.1 cm³/mol. The Morgan fingerprint density at radius 3 is 2.30 bits per heavy atom. The van der Waals surface area contributed by atoms with E-state index in [1.807, 2.05) is 62.4 Å². The number of aryl methyl sites for hydroxylation is 1. The molecule has 0 radical (unpaired) electrons. The van der Waals surface area contributed by atoms with Crippen molar-refractivity contribution in [2.45, 2.75) is 26.7 Å². The van der Waals surface area contributed by atoms with Gasteiger partial charge in [-0.1, -0.05) is 29.8 Å². The number of ether oxygens (including phenoxy) is 2. The maximum atomic E-state index is 11.9. The van der Waals surface area contributed by atoms with E-state index in [-0.39, 0.29) is 5.91 Å². The zero-order chi connectivity index (χ0) is 16.5. The molecule has 1 amide bonds. The third-order valence-electron chi connectivity index (χ3n) is 3.29. The molecule has 23 heavy (non-hydrogen) atoms. The van der Waals surface area contributed by atoms with Crippen LogP contribution < -0.4 is 14.8 Å². The third-order valence-corrected chi connectivity index (χ3v) is 3.29. The van der Waals surface area contributed by atoms with Crippen molar-refractivity contribution in [3.63, 3.8) is 0 Å². The van der Waals surface area contributed by atoms with Crippen molar-refractivity contribution >= 4 is 11.6 Å². The van der Waals surface area contributed by atoms with Gasteiger partial charge in [0.2, 0.25) is 5.91 Å². The smallest absolute Gasteiger partial charge is 0.224 e. The number of rotatable bonds is 8. The Hall–Kier alpha value is -2.49. The second kappa shape index (κ2) is 8.83. The lowest BCUT2D eigenvalue weighted by Crippen LogP contribution is -2.12. The average Bonchev–Trinajstić information content (AvgIpc) is 2.55. The molecule has 0 fully saturated rings. The van der Waals surface area contributed by atoms with Crippen LogP contribution in [0, 0.1) is 6.92 Å². The van der Waals surface area contributed by atoms with E-state index in [0.717, 1.165) is 11.4 Å². The first-order valence-electron chi connectivity index (χ1n) is 7.90. The minimum atomic E-state index is -0.00412. The molecule has 4 heteroatoms. The number of nitrogens with one attached hydrogen (secondary N) is 1. The molecule has 2 aromatic carbocycles.